The first-order valence-electron chi connectivity index (χ1n) is 9.94. The van der Waals surface area contributed by atoms with Gasteiger partial charge in [0.25, 0.3) is 0 Å². The van der Waals surface area contributed by atoms with Crippen LogP contribution in [0.4, 0.5) is 0 Å². The number of furan rings is 1. The summed E-state index contributed by atoms with van der Waals surface area (Å²) < 4.78 is 10.7. The molecule has 142 valence electrons. The van der Waals surface area contributed by atoms with Crippen LogP contribution < -0.4 is 0 Å². The van der Waals surface area contributed by atoms with E-state index in [1.807, 2.05) is 19.2 Å². The van der Waals surface area contributed by atoms with E-state index in [9.17, 15) is 0 Å². The second-order valence-corrected chi connectivity index (χ2v) is 7.64. The van der Waals surface area contributed by atoms with Gasteiger partial charge in [-0.3, -0.25) is 14.0 Å². The SMILES string of the molecule is Cc1cc2c(cn1)oc1c(-n3c4ccccc4n4c5ccccc5nc34)cccc12. The van der Waals surface area contributed by atoms with Crippen LogP contribution in [0.5, 0.6) is 0 Å². The lowest BCUT2D eigenvalue weighted by molar-refractivity contribution is 0.664. The highest BCUT2D eigenvalue weighted by Crippen LogP contribution is 2.36. The van der Waals surface area contributed by atoms with E-state index >= 15 is 0 Å². The molecule has 0 atom stereocenters. The van der Waals surface area contributed by atoms with Crippen LogP contribution in [0.2, 0.25) is 0 Å². The highest BCUT2D eigenvalue weighted by molar-refractivity contribution is 6.08. The molecule has 0 spiro atoms. The third kappa shape index (κ3) is 1.91. The smallest absolute Gasteiger partial charge is 0.220 e. The highest BCUT2D eigenvalue weighted by Gasteiger charge is 2.20. The Bertz CT molecular complexity index is 1770. The summed E-state index contributed by atoms with van der Waals surface area (Å²) in [5, 5.41) is 2.17. The summed E-state index contributed by atoms with van der Waals surface area (Å²) in [6.07, 6.45) is 1.81. The Balaban J connectivity index is 1.70. The standard InChI is InChI=1S/C25H16N4O/c1-15-13-17-16-7-6-12-22(24(16)30-23(17)14-26-15)29-21-11-5-4-10-20(21)28-19-9-3-2-8-18(19)27-25(28)29/h2-14H,1H3. The second-order valence-electron chi connectivity index (χ2n) is 7.64. The number of aryl methyl sites for hydroxylation is 1. The minimum atomic E-state index is 0.795. The quantitative estimate of drug-likeness (QED) is 0.345. The van der Waals surface area contributed by atoms with Crippen molar-refractivity contribution in [3.63, 3.8) is 0 Å². The van der Waals surface area contributed by atoms with Gasteiger partial charge in [0.1, 0.15) is 0 Å². The monoisotopic (exact) mass is 388 g/mol. The van der Waals surface area contributed by atoms with Crippen LogP contribution in [0.1, 0.15) is 5.69 Å². The lowest BCUT2D eigenvalue weighted by Gasteiger charge is -2.05. The zero-order valence-corrected chi connectivity index (χ0v) is 16.2. The number of rotatable bonds is 1. The minimum absolute atomic E-state index is 0.795. The fraction of sp³-hybridized carbons (Fsp3) is 0.0400. The number of fused-ring (bicyclic) bond motifs is 8. The van der Waals surface area contributed by atoms with Crippen LogP contribution in [0.3, 0.4) is 0 Å². The Labute approximate surface area is 170 Å². The van der Waals surface area contributed by atoms with Crippen molar-refractivity contribution in [2.45, 2.75) is 6.92 Å². The summed E-state index contributed by atoms with van der Waals surface area (Å²) in [6.45, 7) is 2.00. The zero-order chi connectivity index (χ0) is 19.8. The van der Waals surface area contributed by atoms with Gasteiger partial charge < -0.3 is 4.42 Å². The average molecular weight is 388 g/mol. The van der Waals surface area contributed by atoms with Crippen molar-refractivity contribution in [2.75, 3.05) is 0 Å². The van der Waals surface area contributed by atoms with E-state index in [0.717, 1.165) is 61.2 Å². The highest BCUT2D eigenvalue weighted by atomic mass is 16.3. The number of hydrogen-bond donors (Lipinski definition) is 0. The molecular weight excluding hydrogens is 372 g/mol. The summed E-state index contributed by atoms with van der Waals surface area (Å²) in [6, 6.07) is 25.0. The molecule has 0 fully saturated rings. The molecule has 0 aliphatic rings. The van der Waals surface area contributed by atoms with Gasteiger partial charge in [-0.2, -0.15) is 0 Å². The van der Waals surface area contributed by atoms with Gasteiger partial charge >= 0.3 is 0 Å². The Kier molecular flexibility index (Phi) is 2.88. The van der Waals surface area contributed by atoms with Gasteiger partial charge in [0.15, 0.2) is 11.2 Å². The van der Waals surface area contributed by atoms with Crippen molar-refractivity contribution in [2.24, 2.45) is 0 Å². The van der Waals surface area contributed by atoms with Crippen LogP contribution >= 0.6 is 0 Å². The van der Waals surface area contributed by atoms with Gasteiger partial charge in [0, 0.05) is 16.5 Å². The molecule has 0 radical (unpaired) electrons. The normalized spacial score (nSPS) is 12.2. The summed E-state index contributed by atoms with van der Waals surface area (Å²) in [5.74, 6) is 0.875. The van der Waals surface area contributed by atoms with Gasteiger partial charge in [0.05, 0.1) is 34.0 Å². The van der Waals surface area contributed by atoms with Crippen molar-refractivity contribution >= 4 is 49.8 Å². The summed E-state index contributed by atoms with van der Waals surface area (Å²) in [5.41, 5.74) is 7.87. The Hall–Kier alpha value is -4.12. The van der Waals surface area contributed by atoms with Crippen LogP contribution in [0, 0.1) is 6.92 Å². The molecule has 0 unspecified atom stereocenters. The van der Waals surface area contributed by atoms with Crippen molar-refractivity contribution in [1.82, 2.24) is 18.9 Å². The van der Waals surface area contributed by atoms with E-state index in [2.05, 4.69) is 80.7 Å². The fourth-order valence-electron chi connectivity index (χ4n) is 4.56. The van der Waals surface area contributed by atoms with Gasteiger partial charge in [-0.05, 0) is 43.3 Å². The van der Waals surface area contributed by atoms with Crippen LogP contribution in [-0.2, 0) is 0 Å². The minimum Gasteiger partial charge on any atom is -0.452 e. The van der Waals surface area contributed by atoms with E-state index in [1.165, 1.54) is 0 Å². The first-order chi connectivity index (χ1) is 14.8. The maximum absolute atomic E-state index is 6.31. The lowest BCUT2D eigenvalue weighted by atomic mass is 10.1. The molecule has 0 amide bonds. The lowest BCUT2D eigenvalue weighted by Crippen LogP contribution is -1.95. The topological polar surface area (TPSA) is 48.3 Å². The first-order valence-corrected chi connectivity index (χ1v) is 9.94. The number of nitrogens with zero attached hydrogens (tertiary/aromatic N) is 4. The Morgan fingerprint density at radius 3 is 2.50 bits per heavy atom. The number of benzene rings is 3. The molecule has 7 rings (SSSR count). The molecule has 0 aliphatic heterocycles. The van der Waals surface area contributed by atoms with Crippen molar-refractivity contribution < 1.29 is 4.42 Å². The largest absolute Gasteiger partial charge is 0.452 e. The molecule has 7 aromatic rings. The van der Waals surface area contributed by atoms with Gasteiger partial charge in [-0.1, -0.05) is 36.4 Å². The molecule has 0 bridgehead atoms. The molecule has 0 aliphatic carbocycles. The van der Waals surface area contributed by atoms with Crippen LogP contribution in [-0.4, -0.2) is 18.9 Å². The van der Waals surface area contributed by atoms with Gasteiger partial charge in [-0.15, -0.1) is 0 Å². The molecular formula is C25H16N4O. The van der Waals surface area contributed by atoms with Crippen LogP contribution in [0.15, 0.2) is 83.4 Å². The number of aromatic nitrogens is 4. The zero-order valence-electron chi connectivity index (χ0n) is 16.2. The Morgan fingerprint density at radius 2 is 1.60 bits per heavy atom. The Morgan fingerprint density at radius 1 is 0.800 bits per heavy atom. The molecule has 0 saturated heterocycles. The third-order valence-electron chi connectivity index (χ3n) is 5.85. The number of pyridine rings is 1. The molecule has 4 aromatic heterocycles. The van der Waals surface area contributed by atoms with E-state index in [-0.39, 0.29) is 0 Å². The number of para-hydroxylation sites is 5. The van der Waals surface area contributed by atoms with E-state index in [0.29, 0.717) is 0 Å². The fourth-order valence-corrected chi connectivity index (χ4v) is 4.56. The van der Waals surface area contributed by atoms with Crippen molar-refractivity contribution in [3.05, 3.63) is 84.7 Å². The predicted octanol–water partition coefficient (Wildman–Crippen LogP) is 6.03. The second kappa shape index (κ2) is 5.48. The number of imidazole rings is 2. The molecule has 3 aromatic carbocycles. The maximum atomic E-state index is 6.31. The summed E-state index contributed by atoms with van der Waals surface area (Å²) >= 11 is 0. The average Bonchev–Trinajstić information content (AvgIpc) is 3.42. The predicted molar refractivity (Wildman–Crippen MR) is 119 cm³/mol. The molecule has 5 nitrogen and oxygen atoms in total. The molecule has 0 N–H and O–H groups in total. The summed E-state index contributed by atoms with van der Waals surface area (Å²) in [7, 11) is 0. The molecule has 30 heavy (non-hydrogen) atoms. The third-order valence-corrected chi connectivity index (χ3v) is 5.85. The van der Waals surface area contributed by atoms with Crippen molar-refractivity contribution in [3.8, 4) is 5.69 Å². The maximum Gasteiger partial charge on any atom is 0.220 e. The summed E-state index contributed by atoms with van der Waals surface area (Å²) in [4.78, 5) is 9.38. The molecule has 5 heteroatoms. The molecule has 4 heterocycles. The van der Waals surface area contributed by atoms with E-state index in [1.54, 1.807) is 0 Å². The van der Waals surface area contributed by atoms with E-state index in [4.69, 9.17) is 9.40 Å². The first kappa shape index (κ1) is 15.8. The van der Waals surface area contributed by atoms with Gasteiger partial charge in [-0.25, -0.2) is 4.98 Å². The van der Waals surface area contributed by atoms with Crippen molar-refractivity contribution in [1.29, 1.82) is 0 Å². The van der Waals surface area contributed by atoms with E-state index < -0.39 is 0 Å². The number of hydrogen-bond acceptors (Lipinski definition) is 3. The molecule has 0 saturated carbocycles. The van der Waals surface area contributed by atoms with Gasteiger partial charge in [0.2, 0.25) is 5.78 Å². The van der Waals surface area contributed by atoms with Crippen LogP contribution in [0.25, 0.3) is 55.5 Å².